The van der Waals surface area contributed by atoms with Gasteiger partial charge in [0.25, 0.3) is 0 Å². The summed E-state index contributed by atoms with van der Waals surface area (Å²) in [6.45, 7) is 5.42. The Labute approximate surface area is 177 Å². The predicted octanol–water partition coefficient (Wildman–Crippen LogP) is 3.82. The van der Waals surface area contributed by atoms with Crippen molar-refractivity contribution in [3.05, 3.63) is 45.6 Å². The number of carbonyl (C=O) groups excluding carboxylic acids is 1. The van der Waals surface area contributed by atoms with Crippen molar-refractivity contribution >= 4 is 33.9 Å². The first-order valence-corrected chi connectivity index (χ1v) is 10.9. The van der Waals surface area contributed by atoms with Crippen LogP contribution in [0.3, 0.4) is 0 Å². The molecule has 29 heavy (non-hydrogen) atoms. The Bertz CT molecular complexity index is 1030. The lowest BCUT2D eigenvalue weighted by atomic mass is 9.93. The van der Waals surface area contributed by atoms with E-state index in [4.69, 9.17) is 16.3 Å². The van der Waals surface area contributed by atoms with Gasteiger partial charge in [0.2, 0.25) is 10.8 Å². The average Bonchev–Trinajstić information content (AvgIpc) is 3.22. The van der Waals surface area contributed by atoms with Crippen LogP contribution in [-0.2, 0) is 9.53 Å². The second-order valence-corrected chi connectivity index (χ2v) is 8.55. The van der Waals surface area contributed by atoms with Gasteiger partial charge in [-0.1, -0.05) is 41.1 Å². The van der Waals surface area contributed by atoms with Crippen LogP contribution in [0.4, 0.5) is 0 Å². The van der Waals surface area contributed by atoms with E-state index in [1.54, 1.807) is 6.92 Å². The van der Waals surface area contributed by atoms with Gasteiger partial charge < -0.3 is 9.84 Å². The number of benzene rings is 1. The first kappa shape index (κ1) is 20.1. The molecule has 4 rings (SSSR count). The number of piperidine rings is 1. The van der Waals surface area contributed by atoms with Crippen LogP contribution >= 0.6 is 22.9 Å². The molecule has 1 saturated heterocycles. The summed E-state index contributed by atoms with van der Waals surface area (Å²) in [5, 5.41) is 15.8. The summed E-state index contributed by atoms with van der Waals surface area (Å²) in [6, 6.07) is 7.43. The van der Waals surface area contributed by atoms with Crippen LogP contribution in [0, 0.1) is 12.8 Å². The normalized spacial score (nSPS) is 16.9. The molecule has 0 aliphatic carbocycles. The quantitative estimate of drug-likeness (QED) is 0.615. The number of likely N-dealkylation sites (tertiary alicyclic amines) is 1. The lowest BCUT2D eigenvalue weighted by Gasteiger charge is -2.36. The second kappa shape index (κ2) is 8.30. The smallest absolute Gasteiger partial charge is 0.309 e. The molecule has 0 unspecified atom stereocenters. The standard InChI is InChI=1S/C20H23ClN4O3S/c1-3-28-19(27)13-8-10-24(11-9-13)16(14-6-4-5-7-15(14)21)17-18(26)25-20(29-17)22-12(2)23-25/h4-7,13,16,26H,3,8-11H2,1-2H3/t16-/m1/s1. The van der Waals surface area contributed by atoms with Crippen LogP contribution in [0.1, 0.15) is 42.1 Å². The number of aryl methyl sites for hydroxylation is 1. The molecule has 1 fully saturated rings. The van der Waals surface area contributed by atoms with Crippen molar-refractivity contribution in [3.8, 4) is 5.88 Å². The molecule has 2 aromatic heterocycles. The van der Waals surface area contributed by atoms with E-state index in [9.17, 15) is 9.90 Å². The van der Waals surface area contributed by atoms with Gasteiger partial charge in [0.15, 0.2) is 0 Å². The lowest BCUT2D eigenvalue weighted by molar-refractivity contribution is -0.149. The molecule has 3 heterocycles. The maximum Gasteiger partial charge on any atom is 0.309 e. The van der Waals surface area contributed by atoms with E-state index in [-0.39, 0.29) is 23.8 Å². The van der Waals surface area contributed by atoms with E-state index in [1.807, 2.05) is 31.2 Å². The van der Waals surface area contributed by atoms with Crippen molar-refractivity contribution in [2.45, 2.75) is 32.7 Å². The molecule has 7 nitrogen and oxygen atoms in total. The van der Waals surface area contributed by atoms with Crippen LogP contribution in [0.5, 0.6) is 5.88 Å². The van der Waals surface area contributed by atoms with Crippen LogP contribution in [0.15, 0.2) is 24.3 Å². The maximum absolute atomic E-state index is 12.1. The summed E-state index contributed by atoms with van der Waals surface area (Å²) < 4.78 is 6.67. The number of nitrogens with zero attached hydrogens (tertiary/aromatic N) is 4. The molecule has 1 aliphatic heterocycles. The Balaban J connectivity index is 1.69. The van der Waals surface area contributed by atoms with Crippen molar-refractivity contribution in [3.63, 3.8) is 0 Å². The van der Waals surface area contributed by atoms with E-state index in [2.05, 4.69) is 15.0 Å². The third kappa shape index (κ3) is 3.84. The van der Waals surface area contributed by atoms with E-state index < -0.39 is 0 Å². The van der Waals surface area contributed by atoms with Crippen LogP contribution < -0.4 is 0 Å². The van der Waals surface area contributed by atoms with Crippen LogP contribution in [-0.4, -0.2) is 50.3 Å². The fraction of sp³-hybridized carbons (Fsp3) is 0.450. The molecule has 1 atom stereocenters. The second-order valence-electron chi connectivity index (χ2n) is 7.13. The van der Waals surface area contributed by atoms with Crippen molar-refractivity contribution < 1.29 is 14.6 Å². The SMILES string of the molecule is CCOC(=O)C1CCN([C@H](c2ccccc2Cl)c2sc3nc(C)nn3c2O)CC1. The predicted molar refractivity (Wildman–Crippen MR) is 111 cm³/mol. The molecule has 1 N–H and O–H groups in total. The van der Waals surface area contributed by atoms with Crippen LogP contribution in [0.2, 0.25) is 5.02 Å². The lowest BCUT2D eigenvalue weighted by Crippen LogP contribution is -2.39. The topological polar surface area (TPSA) is 80.0 Å². The van der Waals surface area contributed by atoms with Gasteiger partial charge >= 0.3 is 5.97 Å². The third-order valence-electron chi connectivity index (χ3n) is 5.27. The van der Waals surface area contributed by atoms with Crippen molar-refractivity contribution in [1.29, 1.82) is 0 Å². The fourth-order valence-electron chi connectivity index (χ4n) is 3.88. The number of thiazole rings is 1. The minimum absolute atomic E-state index is 0.0861. The van der Waals surface area contributed by atoms with Gasteiger partial charge in [-0.15, -0.1) is 5.10 Å². The minimum atomic E-state index is -0.236. The highest BCUT2D eigenvalue weighted by molar-refractivity contribution is 7.17. The van der Waals surface area contributed by atoms with E-state index in [0.29, 0.717) is 48.3 Å². The molecular formula is C20H23ClN4O3S. The third-order valence-corrected chi connectivity index (χ3v) is 6.69. The monoisotopic (exact) mass is 434 g/mol. The molecule has 3 aromatic rings. The Hall–Kier alpha value is -2.16. The highest BCUT2D eigenvalue weighted by Gasteiger charge is 2.35. The Kier molecular flexibility index (Phi) is 5.76. The number of aromatic nitrogens is 3. The largest absolute Gasteiger partial charge is 0.492 e. The van der Waals surface area contributed by atoms with Gasteiger partial charge in [-0.25, -0.2) is 4.98 Å². The number of carbonyl (C=O) groups is 1. The zero-order valence-corrected chi connectivity index (χ0v) is 17.9. The number of ether oxygens (including phenoxy) is 1. The van der Waals surface area contributed by atoms with Crippen LogP contribution in [0.25, 0.3) is 4.96 Å². The molecule has 0 radical (unpaired) electrons. The number of halogens is 1. The van der Waals surface area contributed by atoms with Crippen molar-refractivity contribution in [1.82, 2.24) is 19.5 Å². The van der Waals surface area contributed by atoms with Crippen molar-refractivity contribution in [2.75, 3.05) is 19.7 Å². The number of rotatable bonds is 5. The summed E-state index contributed by atoms with van der Waals surface area (Å²) in [5.74, 6) is 0.487. The molecule has 0 spiro atoms. The van der Waals surface area contributed by atoms with E-state index in [0.717, 1.165) is 10.4 Å². The summed E-state index contributed by atoms with van der Waals surface area (Å²) in [6.07, 6.45) is 1.42. The molecule has 0 amide bonds. The maximum atomic E-state index is 12.1. The average molecular weight is 435 g/mol. The molecular weight excluding hydrogens is 412 g/mol. The van der Waals surface area contributed by atoms with Gasteiger partial charge in [0, 0.05) is 5.02 Å². The molecule has 9 heteroatoms. The minimum Gasteiger partial charge on any atom is -0.492 e. The van der Waals surface area contributed by atoms with E-state index in [1.165, 1.54) is 15.9 Å². The highest BCUT2D eigenvalue weighted by Crippen LogP contribution is 2.43. The van der Waals surface area contributed by atoms with Gasteiger partial charge in [-0.3, -0.25) is 9.69 Å². The van der Waals surface area contributed by atoms with Gasteiger partial charge in [-0.05, 0) is 51.4 Å². The molecule has 1 aliphatic rings. The number of hydrogen-bond acceptors (Lipinski definition) is 7. The number of esters is 1. The first-order chi connectivity index (χ1) is 14.0. The van der Waals surface area contributed by atoms with Gasteiger partial charge in [-0.2, -0.15) is 4.52 Å². The Morgan fingerprint density at radius 1 is 1.38 bits per heavy atom. The zero-order chi connectivity index (χ0) is 20.5. The summed E-state index contributed by atoms with van der Waals surface area (Å²) >= 11 is 7.96. The number of aromatic hydroxyl groups is 1. The molecule has 0 bridgehead atoms. The number of fused-ring (bicyclic) bond motifs is 1. The van der Waals surface area contributed by atoms with Gasteiger partial charge in [0.05, 0.1) is 23.4 Å². The first-order valence-electron chi connectivity index (χ1n) is 9.69. The van der Waals surface area contributed by atoms with Gasteiger partial charge in [0.1, 0.15) is 5.82 Å². The highest BCUT2D eigenvalue weighted by atomic mass is 35.5. The Morgan fingerprint density at radius 3 is 2.76 bits per heavy atom. The molecule has 1 aromatic carbocycles. The number of hydrogen-bond donors (Lipinski definition) is 1. The summed E-state index contributed by atoms with van der Waals surface area (Å²) in [7, 11) is 0. The van der Waals surface area contributed by atoms with Crippen molar-refractivity contribution in [2.24, 2.45) is 5.92 Å². The molecule has 154 valence electrons. The zero-order valence-electron chi connectivity index (χ0n) is 16.3. The fourth-order valence-corrected chi connectivity index (χ4v) is 5.27. The molecule has 0 saturated carbocycles. The summed E-state index contributed by atoms with van der Waals surface area (Å²) in [4.78, 5) is 20.2. The Morgan fingerprint density at radius 2 is 2.10 bits per heavy atom. The van der Waals surface area contributed by atoms with E-state index >= 15 is 0 Å². The summed E-state index contributed by atoms with van der Waals surface area (Å²) in [5.41, 5.74) is 0.917.